The average molecular weight is 303 g/mol. The summed E-state index contributed by atoms with van der Waals surface area (Å²) < 4.78 is 15.0. The summed E-state index contributed by atoms with van der Waals surface area (Å²) in [7, 11) is 1.28. The molecular weight excluding hydrogens is 286 g/mol. The Balaban J connectivity index is 1.78. The molecule has 0 spiro atoms. The molecule has 0 saturated carbocycles. The number of carbonyl (C=O) groups is 2. The van der Waals surface area contributed by atoms with E-state index in [1.54, 1.807) is 0 Å². The topological polar surface area (TPSA) is 78.6 Å². The maximum Gasteiger partial charge on any atom is 0.305 e. The molecule has 1 aromatic carbocycles. The van der Waals surface area contributed by atoms with Crippen molar-refractivity contribution in [3.8, 4) is 0 Å². The molecule has 0 aliphatic carbocycles. The summed E-state index contributed by atoms with van der Waals surface area (Å²) in [4.78, 5) is 22.8. The van der Waals surface area contributed by atoms with Crippen LogP contribution in [0.3, 0.4) is 0 Å². The van der Waals surface area contributed by atoms with E-state index >= 15 is 0 Å². The molecule has 0 amide bonds. The van der Waals surface area contributed by atoms with E-state index in [9.17, 15) is 9.59 Å². The molecule has 6 heteroatoms. The molecule has 0 unspecified atom stereocenters. The van der Waals surface area contributed by atoms with Gasteiger partial charge in [-0.05, 0) is 5.56 Å². The van der Waals surface area contributed by atoms with Crippen molar-refractivity contribution in [1.29, 1.82) is 0 Å². The van der Waals surface area contributed by atoms with Crippen molar-refractivity contribution >= 4 is 11.8 Å². The molecule has 0 atom stereocenters. The van der Waals surface area contributed by atoms with Gasteiger partial charge in [0.15, 0.2) is 11.5 Å². The predicted molar refractivity (Wildman–Crippen MR) is 77.0 cm³/mol. The van der Waals surface area contributed by atoms with Crippen LogP contribution in [-0.4, -0.2) is 24.0 Å². The number of benzene rings is 1. The lowest BCUT2D eigenvalue weighted by atomic mass is 10.1. The van der Waals surface area contributed by atoms with E-state index in [4.69, 9.17) is 9.26 Å². The molecule has 0 N–H and O–H groups in total. The van der Waals surface area contributed by atoms with Crippen molar-refractivity contribution < 1.29 is 23.6 Å². The van der Waals surface area contributed by atoms with Crippen molar-refractivity contribution in [2.45, 2.75) is 26.1 Å². The van der Waals surface area contributed by atoms with Crippen LogP contribution >= 0.6 is 0 Å². The summed E-state index contributed by atoms with van der Waals surface area (Å²) in [6.45, 7) is 0.680. The van der Waals surface area contributed by atoms with Gasteiger partial charge < -0.3 is 14.0 Å². The first-order valence-electron chi connectivity index (χ1n) is 6.86. The third kappa shape index (κ3) is 4.82. The number of ketones is 1. The Morgan fingerprint density at radius 1 is 1.14 bits per heavy atom. The largest absolute Gasteiger partial charge is 0.469 e. The molecule has 2 aromatic rings. The highest BCUT2D eigenvalue weighted by Gasteiger charge is 2.14. The molecule has 0 radical (unpaired) electrons. The van der Waals surface area contributed by atoms with E-state index in [-0.39, 0.29) is 30.9 Å². The van der Waals surface area contributed by atoms with Gasteiger partial charge in [0.1, 0.15) is 12.3 Å². The molecule has 0 saturated heterocycles. The summed E-state index contributed by atoms with van der Waals surface area (Å²) in [5, 5.41) is 3.69. The van der Waals surface area contributed by atoms with E-state index in [1.807, 2.05) is 30.3 Å². The van der Waals surface area contributed by atoms with Crippen molar-refractivity contribution in [3.05, 3.63) is 53.4 Å². The van der Waals surface area contributed by atoms with Crippen LogP contribution in [0.1, 0.15) is 34.7 Å². The first-order valence-corrected chi connectivity index (χ1v) is 6.86. The molecule has 6 nitrogen and oxygen atoms in total. The van der Waals surface area contributed by atoms with E-state index in [1.165, 1.54) is 13.2 Å². The zero-order valence-corrected chi connectivity index (χ0v) is 12.3. The fourth-order valence-electron chi connectivity index (χ4n) is 1.80. The second-order valence-electron chi connectivity index (χ2n) is 4.66. The molecule has 0 aliphatic rings. The van der Waals surface area contributed by atoms with Crippen LogP contribution in [0.4, 0.5) is 0 Å². The quantitative estimate of drug-likeness (QED) is 0.551. The highest BCUT2D eigenvalue weighted by atomic mass is 16.5. The molecule has 0 aliphatic heterocycles. The van der Waals surface area contributed by atoms with Crippen molar-refractivity contribution in [3.63, 3.8) is 0 Å². The Kier molecular flexibility index (Phi) is 5.85. The molecule has 0 bridgehead atoms. The molecule has 1 aromatic heterocycles. The fraction of sp³-hybridized carbons (Fsp3) is 0.312. The van der Waals surface area contributed by atoms with Crippen LogP contribution in [0, 0.1) is 0 Å². The zero-order chi connectivity index (χ0) is 15.8. The van der Waals surface area contributed by atoms with Crippen LogP contribution in [0.5, 0.6) is 0 Å². The lowest BCUT2D eigenvalue weighted by Crippen LogP contribution is -2.06. The summed E-state index contributed by atoms with van der Waals surface area (Å²) in [5.41, 5.74) is 1.25. The van der Waals surface area contributed by atoms with Crippen LogP contribution in [0.2, 0.25) is 0 Å². The van der Waals surface area contributed by atoms with Gasteiger partial charge >= 0.3 is 5.97 Å². The van der Waals surface area contributed by atoms with E-state index in [2.05, 4.69) is 9.89 Å². The number of esters is 1. The number of aromatic nitrogens is 1. The predicted octanol–water partition coefficient (Wildman–Crippen LogP) is 2.53. The highest BCUT2D eigenvalue weighted by Crippen LogP contribution is 2.10. The van der Waals surface area contributed by atoms with Gasteiger partial charge in [0.2, 0.25) is 0 Å². The first-order chi connectivity index (χ1) is 10.7. The highest BCUT2D eigenvalue weighted by molar-refractivity contribution is 5.95. The zero-order valence-electron chi connectivity index (χ0n) is 12.3. The third-order valence-corrected chi connectivity index (χ3v) is 2.98. The van der Waals surface area contributed by atoms with Crippen molar-refractivity contribution in [1.82, 2.24) is 5.16 Å². The van der Waals surface area contributed by atoms with Gasteiger partial charge in [-0.2, -0.15) is 0 Å². The second-order valence-corrected chi connectivity index (χ2v) is 4.66. The Hall–Kier alpha value is -2.47. The van der Waals surface area contributed by atoms with Crippen LogP contribution in [0.15, 0.2) is 40.9 Å². The van der Waals surface area contributed by atoms with Crippen LogP contribution in [0.25, 0.3) is 0 Å². The second kappa shape index (κ2) is 8.09. The Bertz CT molecular complexity index is 620. The number of Topliss-reactive ketones (excluding diaryl/α,β-unsaturated/α-hetero) is 1. The third-order valence-electron chi connectivity index (χ3n) is 2.98. The van der Waals surface area contributed by atoms with Crippen molar-refractivity contribution in [2.75, 3.05) is 7.11 Å². The standard InChI is InChI=1S/C16H17NO5/c1-20-16(19)8-7-15(18)14-9-13(22-17-14)11-21-10-12-5-3-2-4-6-12/h2-6,9H,7-8,10-11H2,1H3. The molecule has 0 fully saturated rings. The number of rotatable bonds is 8. The van der Waals surface area contributed by atoms with Gasteiger partial charge in [-0.1, -0.05) is 35.5 Å². The normalized spacial score (nSPS) is 10.4. The molecule has 116 valence electrons. The van der Waals surface area contributed by atoms with E-state index in [0.29, 0.717) is 12.4 Å². The van der Waals surface area contributed by atoms with Crippen LogP contribution in [-0.2, 0) is 27.5 Å². The molecule has 2 rings (SSSR count). The number of ether oxygens (including phenoxy) is 2. The monoisotopic (exact) mass is 303 g/mol. The van der Waals surface area contributed by atoms with E-state index < -0.39 is 5.97 Å². The maximum absolute atomic E-state index is 11.8. The Morgan fingerprint density at radius 3 is 2.64 bits per heavy atom. The number of nitrogens with zero attached hydrogens (tertiary/aromatic N) is 1. The summed E-state index contributed by atoms with van der Waals surface area (Å²) >= 11 is 0. The smallest absolute Gasteiger partial charge is 0.305 e. The molecular formula is C16H17NO5. The van der Waals surface area contributed by atoms with Crippen molar-refractivity contribution in [2.24, 2.45) is 0 Å². The maximum atomic E-state index is 11.8. The number of hydrogen-bond donors (Lipinski definition) is 0. The number of hydrogen-bond acceptors (Lipinski definition) is 6. The number of methoxy groups -OCH3 is 1. The van der Waals surface area contributed by atoms with Gasteiger partial charge in [0.25, 0.3) is 0 Å². The van der Waals surface area contributed by atoms with Gasteiger partial charge in [0, 0.05) is 12.5 Å². The summed E-state index contributed by atoms with van der Waals surface area (Å²) in [6.07, 6.45) is 0.0750. The minimum absolute atomic E-state index is 0.0298. The minimum Gasteiger partial charge on any atom is -0.469 e. The van der Waals surface area contributed by atoms with E-state index in [0.717, 1.165) is 5.56 Å². The first kappa shape index (κ1) is 15.9. The summed E-state index contributed by atoms with van der Waals surface area (Å²) in [6, 6.07) is 11.3. The lowest BCUT2D eigenvalue weighted by molar-refractivity contribution is -0.140. The van der Waals surface area contributed by atoms with Gasteiger partial charge in [-0.25, -0.2) is 0 Å². The minimum atomic E-state index is -0.428. The lowest BCUT2D eigenvalue weighted by Gasteiger charge is -2.00. The Morgan fingerprint density at radius 2 is 1.91 bits per heavy atom. The Labute approximate surface area is 128 Å². The molecule has 1 heterocycles. The SMILES string of the molecule is COC(=O)CCC(=O)c1cc(COCc2ccccc2)on1. The van der Waals surface area contributed by atoms with Gasteiger partial charge in [-0.3, -0.25) is 9.59 Å². The van der Waals surface area contributed by atoms with Crippen LogP contribution < -0.4 is 0 Å². The average Bonchev–Trinajstić information content (AvgIpc) is 3.02. The van der Waals surface area contributed by atoms with Gasteiger partial charge in [0.05, 0.1) is 20.1 Å². The van der Waals surface area contributed by atoms with Gasteiger partial charge in [-0.15, -0.1) is 0 Å². The molecule has 22 heavy (non-hydrogen) atoms. The summed E-state index contributed by atoms with van der Waals surface area (Å²) in [5.74, 6) is -0.218. The fourth-order valence-corrected chi connectivity index (χ4v) is 1.80. The number of carbonyl (C=O) groups excluding carboxylic acids is 2.